The summed E-state index contributed by atoms with van der Waals surface area (Å²) in [5.41, 5.74) is 2.58. The molecule has 0 saturated heterocycles. The van der Waals surface area contributed by atoms with E-state index in [9.17, 15) is 18.0 Å². The number of benzene rings is 1. The number of hydrogen-bond acceptors (Lipinski definition) is 2. The maximum Gasteiger partial charge on any atom is 0.471 e. The number of carbonyl (C=O) groups is 1. The van der Waals surface area contributed by atoms with E-state index in [0.717, 1.165) is 21.4 Å². The van der Waals surface area contributed by atoms with Crippen LogP contribution in [0.1, 0.15) is 11.1 Å². The van der Waals surface area contributed by atoms with Gasteiger partial charge in [-0.05, 0) is 48.2 Å². The van der Waals surface area contributed by atoms with Crippen molar-refractivity contribution in [3.63, 3.8) is 0 Å². The maximum absolute atomic E-state index is 12.6. The van der Waals surface area contributed by atoms with Crippen molar-refractivity contribution >= 4 is 28.4 Å². The van der Waals surface area contributed by atoms with Crippen LogP contribution in [0.15, 0.2) is 24.3 Å². The summed E-state index contributed by atoms with van der Waals surface area (Å²) in [4.78, 5) is 16.5. The van der Waals surface area contributed by atoms with Crippen LogP contribution in [0.5, 0.6) is 0 Å². The van der Waals surface area contributed by atoms with E-state index in [1.807, 2.05) is 18.2 Å². The second-order valence-electron chi connectivity index (χ2n) is 5.24. The number of nitrogens with zero attached hydrogens (tertiary/aromatic N) is 2. The molecule has 1 aliphatic rings. The fourth-order valence-electron chi connectivity index (χ4n) is 2.71. The van der Waals surface area contributed by atoms with Crippen LogP contribution in [0.25, 0.3) is 10.9 Å². The molecular formula is C15H12ClF3N2O. The van der Waals surface area contributed by atoms with E-state index in [4.69, 9.17) is 11.6 Å². The van der Waals surface area contributed by atoms with Crippen LogP contribution in [0, 0.1) is 0 Å². The molecular weight excluding hydrogens is 317 g/mol. The first-order valence-electron chi connectivity index (χ1n) is 6.79. The van der Waals surface area contributed by atoms with E-state index in [-0.39, 0.29) is 13.1 Å². The standard InChI is InChI=1S/C15H12ClF3N2O/c16-13-2-1-11-7-9-3-5-21(14(22)15(17,18)19)6-4-10(9)8-12(11)20-13/h1-2,7-8H,3-6H2. The van der Waals surface area contributed by atoms with Gasteiger partial charge in [0.25, 0.3) is 0 Å². The number of pyridine rings is 1. The monoisotopic (exact) mass is 328 g/mol. The number of halogens is 4. The van der Waals surface area contributed by atoms with Gasteiger partial charge in [-0.1, -0.05) is 11.6 Å². The molecule has 0 spiro atoms. The largest absolute Gasteiger partial charge is 0.471 e. The van der Waals surface area contributed by atoms with Crippen molar-refractivity contribution in [2.75, 3.05) is 13.1 Å². The molecule has 0 saturated carbocycles. The van der Waals surface area contributed by atoms with Gasteiger partial charge in [0, 0.05) is 18.5 Å². The molecule has 0 aliphatic carbocycles. The van der Waals surface area contributed by atoms with Crippen LogP contribution in [0.4, 0.5) is 13.2 Å². The van der Waals surface area contributed by atoms with Crippen molar-refractivity contribution in [3.8, 4) is 0 Å². The number of carbonyl (C=O) groups excluding carboxylic acids is 1. The fraction of sp³-hybridized carbons (Fsp3) is 0.333. The molecule has 0 radical (unpaired) electrons. The van der Waals surface area contributed by atoms with E-state index < -0.39 is 12.1 Å². The Balaban J connectivity index is 1.91. The van der Waals surface area contributed by atoms with E-state index in [1.165, 1.54) is 0 Å². The van der Waals surface area contributed by atoms with Crippen molar-refractivity contribution in [1.82, 2.24) is 9.88 Å². The zero-order chi connectivity index (χ0) is 15.9. The normalized spacial score (nSPS) is 15.5. The minimum Gasteiger partial charge on any atom is -0.334 e. The number of hydrogen-bond donors (Lipinski definition) is 0. The molecule has 3 rings (SSSR count). The summed E-state index contributed by atoms with van der Waals surface area (Å²) in [7, 11) is 0. The summed E-state index contributed by atoms with van der Waals surface area (Å²) in [6.07, 6.45) is -4.05. The van der Waals surface area contributed by atoms with Crippen LogP contribution in [-0.4, -0.2) is 35.1 Å². The van der Waals surface area contributed by atoms with Crippen LogP contribution < -0.4 is 0 Å². The Kier molecular flexibility index (Phi) is 3.72. The third kappa shape index (κ3) is 2.88. The molecule has 1 aliphatic heterocycles. The van der Waals surface area contributed by atoms with Crippen molar-refractivity contribution in [2.45, 2.75) is 19.0 Å². The number of rotatable bonds is 0. The molecule has 1 amide bonds. The summed E-state index contributed by atoms with van der Waals surface area (Å²) >= 11 is 5.86. The lowest BCUT2D eigenvalue weighted by molar-refractivity contribution is -0.185. The minimum absolute atomic E-state index is 0.0530. The lowest BCUT2D eigenvalue weighted by Gasteiger charge is -2.21. The first-order chi connectivity index (χ1) is 10.3. The highest BCUT2D eigenvalue weighted by Gasteiger charge is 2.42. The average molecular weight is 329 g/mol. The van der Waals surface area contributed by atoms with Gasteiger partial charge in [-0.15, -0.1) is 0 Å². The highest BCUT2D eigenvalue weighted by Crippen LogP contribution is 2.26. The third-order valence-corrected chi connectivity index (χ3v) is 4.02. The van der Waals surface area contributed by atoms with Gasteiger partial charge in [0.05, 0.1) is 5.52 Å². The molecule has 7 heteroatoms. The van der Waals surface area contributed by atoms with Gasteiger partial charge in [-0.25, -0.2) is 4.98 Å². The molecule has 1 aromatic carbocycles. The first-order valence-corrected chi connectivity index (χ1v) is 7.16. The Morgan fingerprint density at radius 2 is 1.77 bits per heavy atom. The Morgan fingerprint density at radius 3 is 2.41 bits per heavy atom. The predicted octanol–water partition coefficient (Wildman–Crippen LogP) is 3.38. The second-order valence-corrected chi connectivity index (χ2v) is 5.62. The Morgan fingerprint density at radius 1 is 1.14 bits per heavy atom. The van der Waals surface area contributed by atoms with Gasteiger partial charge in [0.1, 0.15) is 5.15 Å². The quantitative estimate of drug-likeness (QED) is 0.695. The molecule has 0 N–H and O–H groups in total. The van der Waals surface area contributed by atoms with Crippen molar-refractivity contribution in [1.29, 1.82) is 0 Å². The zero-order valence-electron chi connectivity index (χ0n) is 11.5. The maximum atomic E-state index is 12.6. The summed E-state index contributed by atoms with van der Waals surface area (Å²) in [6, 6.07) is 7.26. The van der Waals surface area contributed by atoms with Gasteiger partial charge < -0.3 is 4.90 Å². The Bertz CT molecular complexity index is 745. The molecule has 1 aromatic heterocycles. The van der Waals surface area contributed by atoms with Crippen LogP contribution in [-0.2, 0) is 17.6 Å². The third-order valence-electron chi connectivity index (χ3n) is 3.81. The van der Waals surface area contributed by atoms with E-state index in [2.05, 4.69) is 4.98 Å². The highest BCUT2D eigenvalue weighted by molar-refractivity contribution is 6.29. The molecule has 0 fully saturated rings. The zero-order valence-corrected chi connectivity index (χ0v) is 12.2. The SMILES string of the molecule is O=C(N1CCc2cc3ccc(Cl)nc3cc2CC1)C(F)(F)F. The predicted molar refractivity (Wildman–Crippen MR) is 76.8 cm³/mol. The second kappa shape index (κ2) is 5.43. The van der Waals surface area contributed by atoms with Gasteiger partial charge in [0.2, 0.25) is 0 Å². The van der Waals surface area contributed by atoms with Crippen molar-refractivity contribution in [2.24, 2.45) is 0 Å². The summed E-state index contributed by atoms with van der Waals surface area (Å²) in [5.74, 6) is -1.77. The van der Waals surface area contributed by atoms with Crippen LogP contribution in [0.3, 0.4) is 0 Å². The minimum atomic E-state index is -4.82. The van der Waals surface area contributed by atoms with Gasteiger partial charge in [-0.2, -0.15) is 13.2 Å². The smallest absolute Gasteiger partial charge is 0.334 e. The van der Waals surface area contributed by atoms with E-state index in [1.54, 1.807) is 6.07 Å². The Hall–Kier alpha value is -1.82. The molecule has 22 heavy (non-hydrogen) atoms. The molecule has 0 unspecified atom stereocenters. The molecule has 3 nitrogen and oxygen atoms in total. The summed E-state index contributed by atoms with van der Waals surface area (Å²) in [5, 5.41) is 1.26. The fourth-order valence-corrected chi connectivity index (χ4v) is 2.86. The summed E-state index contributed by atoms with van der Waals surface area (Å²) in [6.45, 7) is 0.120. The molecule has 2 heterocycles. The Labute approximate surface area is 129 Å². The number of alkyl halides is 3. The van der Waals surface area contributed by atoms with Gasteiger partial charge in [-0.3, -0.25) is 4.79 Å². The molecule has 2 aromatic rings. The molecule has 116 valence electrons. The van der Waals surface area contributed by atoms with Crippen molar-refractivity contribution < 1.29 is 18.0 Å². The van der Waals surface area contributed by atoms with E-state index >= 15 is 0 Å². The first kappa shape index (κ1) is 15.1. The number of fused-ring (bicyclic) bond motifs is 2. The highest BCUT2D eigenvalue weighted by atomic mass is 35.5. The van der Waals surface area contributed by atoms with Gasteiger partial charge >= 0.3 is 12.1 Å². The number of aromatic nitrogens is 1. The molecule has 0 atom stereocenters. The summed E-state index contributed by atoms with van der Waals surface area (Å²) < 4.78 is 37.7. The lowest BCUT2D eigenvalue weighted by Crippen LogP contribution is -2.42. The van der Waals surface area contributed by atoms with Gasteiger partial charge in [0.15, 0.2) is 0 Å². The van der Waals surface area contributed by atoms with Crippen LogP contribution >= 0.6 is 11.6 Å². The average Bonchev–Trinajstić information content (AvgIpc) is 2.65. The number of amides is 1. The lowest BCUT2D eigenvalue weighted by atomic mass is 10.0. The van der Waals surface area contributed by atoms with Crippen molar-refractivity contribution in [3.05, 3.63) is 40.5 Å². The van der Waals surface area contributed by atoms with E-state index in [0.29, 0.717) is 23.5 Å². The topological polar surface area (TPSA) is 33.2 Å². The molecule has 0 bridgehead atoms. The van der Waals surface area contributed by atoms with Crippen LogP contribution in [0.2, 0.25) is 5.15 Å².